The minimum atomic E-state index is -0.669. The third kappa shape index (κ3) is 8.89. The molecule has 30 heavy (non-hydrogen) atoms. The van der Waals surface area contributed by atoms with Crippen LogP contribution in [0, 0.1) is 6.92 Å². The van der Waals surface area contributed by atoms with Crippen molar-refractivity contribution in [3.05, 3.63) is 65.2 Å². The molecule has 6 nitrogen and oxygen atoms in total. The molecule has 0 bridgehead atoms. The van der Waals surface area contributed by atoms with Crippen LogP contribution in [0.3, 0.4) is 0 Å². The van der Waals surface area contributed by atoms with Crippen LogP contribution in [0.1, 0.15) is 36.6 Å². The summed E-state index contributed by atoms with van der Waals surface area (Å²) in [6.07, 6.45) is -0.669. The Labute approximate surface area is 197 Å². The highest BCUT2D eigenvalue weighted by molar-refractivity contribution is 14.0. The van der Waals surface area contributed by atoms with E-state index in [0.717, 1.165) is 23.4 Å². The molecule has 2 unspecified atom stereocenters. The van der Waals surface area contributed by atoms with E-state index in [1.165, 1.54) is 5.56 Å². The molecule has 7 heteroatoms. The van der Waals surface area contributed by atoms with Gasteiger partial charge in [0.05, 0.1) is 39.0 Å². The number of hydrogen-bond acceptors (Lipinski definition) is 4. The Bertz CT molecular complexity index is 772. The molecule has 0 heterocycles. The van der Waals surface area contributed by atoms with Gasteiger partial charge in [-0.25, -0.2) is 0 Å². The first-order chi connectivity index (χ1) is 14.0. The van der Waals surface area contributed by atoms with E-state index in [4.69, 9.17) is 9.47 Å². The van der Waals surface area contributed by atoms with E-state index in [2.05, 4.69) is 35.5 Å². The number of ether oxygens (including phenoxy) is 2. The lowest BCUT2D eigenvalue weighted by Crippen LogP contribution is -2.39. The highest BCUT2D eigenvalue weighted by Gasteiger charge is 2.14. The van der Waals surface area contributed by atoms with Gasteiger partial charge >= 0.3 is 0 Å². The minimum absolute atomic E-state index is 0. The van der Waals surface area contributed by atoms with E-state index in [0.29, 0.717) is 12.6 Å². The third-order valence-corrected chi connectivity index (χ3v) is 4.43. The number of rotatable bonds is 10. The smallest absolute Gasteiger partial charge is 0.191 e. The molecule has 0 aliphatic heterocycles. The summed E-state index contributed by atoms with van der Waals surface area (Å²) < 4.78 is 11.1. The molecule has 0 spiro atoms. The van der Waals surface area contributed by atoms with E-state index in [9.17, 15) is 5.11 Å². The monoisotopic (exact) mass is 527 g/mol. The largest absolute Gasteiger partial charge is 0.496 e. The Morgan fingerprint density at radius 2 is 1.90 bits per heavy atom. The summed E-state index contributed by atoms with van der Waals surface area (Å²) in [5, 5.41) is 16.8. The molecule has 0 amide bonds. The number of guanidine groups is 1. The predicted molar refractivity (Wildman–Crippen MR) is 133 cm³/mol. The molecular formula is C23H34IN3O3. The highest BCUT2D eigenvalue weighted by atomic mass is 127. The summed E-state index contributed by atoms with van der Waals surface area (Å²) >= 11 is 0. The van der Waals surface area contributed by atoms with Gasteiger partial charge in [-0.1, -0.05) is 48.0 Å². The van der Waals surface area contributed by atoms with Gasteiger partial charge < -0.3 is 25.2 Å². The first-order valence-corrected chi connectivity index (χ1v) is 10.0. The summed E-state index contributed by atoms with van der Waals surface area (Å²) in [5.74, 6) is 1.48. The number of hydrogen-bond donors (Lipinski definition) is 3. The van der Waals surface area contributed by atoms with Crippen LogP contribution in [0.2, 0.25) is 0 Å². The van der Waals surface area contributed by atoms with Gasteiger partial charge in [0.25, 0.3) is 0 Å². The van der Waals surface area contributed by atoms with Crippen LogP contribution in [-0.4, -0.2) is 44.0 Å². The summed E-state index contributed by atoms with van der Waals surface area (Å²) in [6.45, 7) is 7.81. The number of aliphatic hydroxyl groups is 1. The zero-order valence-corrected chi connectivity index (χ0v) is 20.6. The fourth-order valence-electron chi connectivity index (χ4n) is 2.93. The van der Waals surface area contributed by atoms with Crippen molar-refractivity contribution < 1.29 is 14.6 Å². The lowest BCUT2D eigenvalue weighted by molar-refractivity contribution is 0.0331. The maximum absolute atomic E-state index is 10.2. The van der Waals surface area contributed by atoms with Gasteiger partial charge in [0.2, 0.25) is 0 Å². The lowest BCUT2D eigenvalue weighted by Gasteiger charge is -2.21. The standard InChI is InChI=1S/C23H33N3O3.HI/c1-5-24-23(26-18(3)21-13-17(2)11-12-22(21)28-4)25-14-20(27)16-29-15-19-9-7-6-8-10-19;/h6-13,18,20,27H,5,14-16H2,1-4H3,(H2,24,25,26);1H. The van der Waals surface area contributed by atoms with E-state index >= 15 is 0 Å². The van der Waals surface area contributed by atoms with Crippen LogP contribution < -0.4 is 15.4 Å². The topological polar surface area (TPSA) is 75.1 Å². The number of methoxy groups -OCH3 is 1. The molecule has 0 aliphatic rings. The Morgan fingerprint density at radius 1 is 1.17 bits per heavy atom. The van der Waals surface area contributed by atoms with Gasteiger partial charge in [0, 0.05) is 12.1 Å². The third-order valence-electron chi connectivity index (χ3n) is 4.43. The number of aryl methyl sites for hydroxylation is 1. The second-order valence-electron chi connectivity index (χ2n) is 6.99. The summed E-state index contributed by atoms with van der Waals surface area (Å²) in [5.41, 5.74) is 3.31. The number of aliphatic hydroxyl groups excluding tert-OH is 1. The Balaban J connectivity index is 0.00000450. The zero-order chi connectivity index (χ0) is 21.1. The molecule has 0 aromatic heterocycles. The number of nitrogens with one attached hydrogen (secondary N) is 2. The first kappa shape index (κ1) is 26.2. The van der Waals surface area contributed by atoms with Gasteiger partial charge in [0.1, 0.15) is 5.75 Å². The van der Waals surface area contributed by atoms with Crippen LogP contribution in [0.15, 0.2) is 53.5 Å². The van der Waals surface area contributed by atoms with Gasteiger partial charge in [0.15, 0.2) is 5.96 Å². The van der Waals surface area contributed by atoms with Crippen LogP contribution >= 0.6 is 24.0 Å². The number of aliphatic imine (C=N–C) groups is 1. The maximum atomic E-state index is 10.2. The van der Waals surface area contributed by atoms with Crippen molar-refractivity contribution in [1.29, 1.82) is 0 Å². The molecule has 0 fully saturated rings. The van der Waals surface area contributed by atoms with Gasteiger partial charge in [-0.05, 0) is 32.4 Å². The molecule has 0 saturated carbocycles. The SMILES string of the molecule is CCNC(=NCC(O)COCc1ccccc1)NC(C)c1cc(C)ccc1OC.I. The van der Waals surface area contributed by atoms with Crippen molar-refractivity contribution in [3.63, 3.8) is 0 Å². The summed E-state index contributed by atoms with van der Waals surface area (Å²) in [6, 6.07) is 16.0. The molecule has 2 aromatic rings. The van der Waals surface area contributed by atoms with Gasteiger partial charge in [-0.15, -0.1) is 24.0 Å². The Morgan fingerprint density at radius 3 is 2.57 bits per heavy atom. The highest BCUT2D eigenvalue weighted by Crippen LogP contribution is 2.25. The number of benzene rings is 2. The molecule has 2 atom stereocenters. The fourth-order valence-corrected chi connectivity index (χ4v) is 2.93. The average molecular weight is 527 g/mol. The zero-order valence-electron chi connectivity index (χ0n) is 18.2. The van der Waals surface area contributed by atoms with Crippen molar-refractivity contribution >= 4 is 29.9 Å². The van der Waals surface area contributed by atoms with Crippen molar-refractivity contribution in [2.75, 3.05) is 26.8 Å². The molecule has 2 rings (SSSR count). The maximum Gasteiger partial charge on any atom is 0.191 e. The quantitative estimate of drug-likeness (QED) is 0.249. The van der Waals surface area contributed by atoms with Crippen molar-refractivity contribution in [2.24, 2.45) is 4.99 Å². The Kier molecular flexibility index (Phi) is 12.4. The molecule has 3 N–H and O–H groups in total. The van der Waals surface area contributed by atoms with E-state index < -0.39 is 6.10 Å². The van der Waals surface area contributed by atoms with E-state index in [-0.39, 0.29) is 43.2 Å². The molecule has 0 radical (unpaired) electrons. The second-order valence-corrected chi connectivity index (χ2v) is 6.99. The number of halogens is 1. The molecular weight excluding hydrogens is 493 g/mol. The normalized spacial score (nSPS) is 13.2. The minimum Gasteiger partial charge on any atom is -0.496 e. The van der Waals surface area contributed by atoms with Crippen molar-refractivity contribution in [2.45, 2.75) is 39.5 Å². The fraction of sp³-hybridized carbons (Fsp3) is 0.435. The molecule has 0 saturated heterocycles. The van der Waals surface area contributed by atoms with Crippen LogP contribution in [-0.2, 0) is 11.3 Å². The van der Waals surface area contributed by atoms with Crippen molar-refractivity contribution in [1.82, 2.24) is 10.6 Å². The molecule has 166 valence electrons. The number of nitrogens with zero attached hydrogens (tertiary/aromatic N) is 1. The van der Waals surface area contributed by atoms with E-state index in [1.54, 1.807) is 7.11 Å². The molecule has 0 aliphatic carbocycles. The second kappa shape index (κ2) is 14.2. The molecule has 2 aromatic carbocycles. The van der Waals surface area contributed by atoms with E-state index in [1.807, 2.05) is 49.4 Å². The summed E-state index contributed by atoms with van der Waals surface area (Å²) in [4.78, 5) is 4.51. The first-order valence-electron chi connectivity index (χ1n) is 10.0. The van der Waals surface area contributed by atoms with Crippen LogP contribution in [0.25, 0.3) is 0 Å². The van der Waals surface area contributed by atoms with Crippen molar-refractivity contribution in [3.8, 4) is 5.75 Å². The Hall–Kier alpha value is -1.84. The van der Waals surface area contributed by atoms with Crippen LogP contribution in [0.4, 0.5) is 0 Å². The van der Waals surface area contributed by atoms with Gasteiger partial charge in [-0.2, -0.15) is 0 Å². The summed E-state index contributed by atoms with van der Waals surface area (Å²) in [7, 11) is 1.67. The lowest BCUT2D eigenvalue weighted by atomic mass is 10.0. The van der Waals surface area contributed by atoms with Gasteiger partial charge in [-0.3, -0.25) is 4.99 Å². The average Bonchev–Trinajstić information content (AvgIpc) is 2.73. The predicted octanol–water partition coefficient (Wildman–Crippen LogP) is 3.82. The van der Waals surface area contributed by atoms with Crippen LogP contribution in [0.5, 0.6) is 5.75 Å².